The molecular weight excluding hydrogens is 206 g/mol. The molecule has 2 rings (SSSR count). The van der Waals surface area contributed by atoms with Crippen LogP contribution in [0.2, 0.25) is 0 Å². The molecule has 1 heterocycles. The van der Waals surface area contributed by atoms with Gasteiger partial charge in [0.05, 0.1) is 0 Å². The van der Waals surface area contributed by atoms with Crippen molar-refractivity contribution in [2.24, 2.45) is 5.41 Å². The minimum atomic E-state index is 0.287. The second-order valence-electron chi connectivity index (χ2n) is 4.94. The van der Waals surface area contributed by atoms with Gasteiger partial charge in [-0.3, -0.25) is 0 Å². The van der Waals surface area contributed by atoms with Gasteiger partial charge in [-0.1, -0.05) is 33.6 Å². The smallest absolute Gasteiger partial charge is 0.113 e. The normalized spacial score (nSPS) is 15.4. The maximum atomic E-state index is 4.28. The third-order valence-electron chi connectivity index (χ3n) is 2.94. The van der Waals surface area contributed by atoms with Crippen molar-refractivity contribution < 1.29 is 0 Å². The minimum Gasteiger partial charge on any atom is -0.248 e. The maximum absolute atomic E-state index is 4.28. The van der Waals surface area contributed by atoms with Crippen molar-refractivity contribution in [1.82, 2.24) is 4.98 Å². The van der Waals surface area contributed by atoms with Crippen LogP contribution in [0.5, 0.6) is 0 Å². The summed E-state index contributed by atoms with van der Waals surface area (Å²) in [5.41, 5.74) is 2.51. The Morgan fingerprint density at radius 3 is 2.47 bits per heavy atom. The standard InChI is InChI=1S/C14H17N.C2H6/c1-11(2)12-5-9-15-13(10-12)4-6-14(3)7-8-14;1-2/h5,9-11H,7-8H2,1-3H3;1-2H3. The van der Waals surface area contributed by atoms with E-state index in [1.165, 1.54) is 18.4 Å². The largest absolute Gasteiger partial charge is 0.248 e. The van der Waals surface area contributed by atoms with Crippen molar-refractivity contribution in [2.45, 2.75) is 53.4 Å². The van der Waals surface area contributed by atoms with E-state index in [1.54, 1.807) is 0 Å². The lowest BCUT2D eigenvalue weighted by molar-refractivity contribution is 0.782. The van der Waals surface area contributed by atoms with E-state index in [4.69, 9.17) is 0 Å². The number of hydrogen-bond acceptors (Lipinski definition) is 1. The fourth-order valence-electron chi connectivity index (χ4n) is 1.40. The highest BCUT2D eigenvalue weighted by molar-refractivity contribution is 5.34. The molecule has 0 amide bonds. The summed E-state index contributed by atoms with van der Waals surface area (Å²) in [6.45, 7) is 10.6. The number of hydrogen-bond donors (Lipinski definition) is 0. The lowest BCUT2D eigenvalue weighted by Gasteiger charge is -2.04. The molecule has 0 atom stereocenters. The second kappa shape index (κ2) is 5.87. The van der Waals surface area contributed by atoms with Crippen LogP contribution in [-0.4, -0.2) is 4.98 Å². The Kier molecular flexibility index (Phi) is 4.75. The first-order valence-corrected chi connectivity index (χ1v) is 6.58. The van der Waals surface area contributed by atoms with Crippen molar-refractivity contribution in [3.8, 4) is 11.8 Å². The van der Waals surface area contributed by atoms with E-state index in [2.05, 4.69) is 49.7 Å². The van der Waals surface area contributed by atoms with E-state index in [0.717, 1.165) is 5.69 Å². The van der Waals surface area contributed by atoms with Crippen molar-refractivity contribution in [2.75, 3.05) is 0 Å². The zero-order chi connectivity index (χ0) is 12.9. The summed E-state index contributed by atoms with van der Waals surface area (Å²) < 4.78 is 0. The van der Waals surface area contributed by atoms with Gasteiger partial charge in [-0.2, -0.15) is 0 Å². The lowest BCUT2D eigenvalue weighted by atomic mass is 10.0. The molecule has 1 aromatic heterocycles. The third-order valence-corrected chi connectivity index (χ3v) is 2.94. The summed E-state index contributed by atoms with van der Waals surface area (Å²) in [6.07, 6.45) is 4.34. The summed E-state index contributed by atoms with van der Waals surface area (Å²) in [5.74, 6) is 7.03. The molecule has 0 aromatic carbocycles. The number of aromatic nitrogens is 1. The van der Waals surface area contributed by atoms with Crippen LogP contribution in [0.3, 0.4) is 0 Å². The van der Waals surface area contributed by atoms with Crippen LogP contribution in [0.4, 0.5) is 0 Å². The van der Waals surface area contributed by atoms with Gasteiger partial charge in [0.15, 0.2) is 0 Å². The molecule has 1 aliphatic carbocycles. The highest BCUT2D eigenvalue weighted by Crippen LogP contribution is 2.44. The van der Waals surface area contributed by atoms with Crippen LogP contribution in [-0.2, 0) is 0 Å². The first-order chi connectivity index (χ1) is 8.09. The molecule has 1 nitrogen and oxygen atoms in total. The Morgan fingerprint density at radius 2 is 1.94 bits per heavy atom. The van der Waals surface area contributed by atoms with Crippen LogP contribution in [0.25, 0.3) is 0 Å². The van der Waals surface area contributed by atoms with Crippen LogP contribution >= 0.6 is 0 Å². The lowest BCUT2D eigenvalue weighted by Crippen LogP contribution is -1.91. The second-order valence-corrected chi connectivity index (χ2v) is 4.94. The molecule has 1 saturated carbocycles. The molecule has 1 aromatic rings. The zero-order valence-electron chi connectivity index (χ0n) is 11.7. The molecule has 1 aliphatic rings. The number of rotatable bonds is 1. The van der Waals surface area contributed by atoms with Gasteiger partial charge in [0.1, 0.15) is 5.69 Å². The van der Waals surface area contributed by atoms with Crippen LogP contribution in [0.15, 0.2) is 18.3 Å². The van der Waals surface area contributed by atoms with E-state index in [0.29, 0.717) is 5.92 Å². The monoisotopic (exact) mass is 229 g/mol. The van der Waals surface area contributed by atoms with E-state index in [1.807, 2.05) is 20.0 Å². The fourth-order valence-corrected chi connectivity index (χ4v) is 1.40. The third kappa shape index (κ3) is 4.23. The number of pyridine rings is 1. The molecule has 1 heteroatoms. The van der Waals surface area contributed by atoms with Gasteiger partial charge in [0.25, 0.3) is 0 Å². The Balaban J connectivity index is 0.000000686. The first-order valence-electron chi connectivity index (χ1n) is 6.58. The van der Waals surface area contributed by atoms with Crippen molar-refractivity contribution in [3.63, 3.8) is 0 Å². The highest BCUT2D eigenvalue weighted by atomic mass is 14.7. The molecule has 17 heavy (non-hydrogen) atoms. The van der Waals surface area contributed by atoms with Gasteiger partial charge in [0.2, 0.25) is 0 Å². The number of nitrogens with zero attached hydrogens (tertiary/aromatic N) is 1. The average Bonchev–Trinajstić information content (AvgIpc) is 3.08. The fraction of sp³-hybridized carbons (Fsp3) is 0.562. The van der Waals surface area contributed by atoms with Gasteiger partial charge >= 0.3 is 0 Å². The Bertz CT molecular complexity index is 417. The average molecular weight is 229 g/mol. The van der Waals surface area contributed by atoms with Gasteiger partial charge < -0.3 is 0 Å². The molecule has 92 valence electrons. The topological polar surface area (TPSA) is 12.9 Å². The van der Waals surface area contributed by atoms with Gasteiger partial charge in [-0.25, -0.2) is 4.98 Å². The van der Waals surface area contributed by atoms with E-state index in [-0.39, 0.29) is 5.41 Å². The SMILES string of the molecule is CC.CC(C)c1ccnc(C#CC2(C)CC2)c1. The van der Waals surface area contributed by atoms with E-state index in [9.17, 15) is 0 Å². The molecule has 0 radical (unpaired) electrons. The molecule has 0 aliphatic heterocycles. The van der Waals surface area contributed by atoms with Crippen molar-refractivity contribution >= 4 is 0 Å². The minimum absolute atomic E-state index is 0.287. The van der Waals surface area contributed by atoms with Crippen molar-refractivity contribution in [3.05, 3.63) is 29.6 Å². The maximum Gasteiger partial charge on any atom is 0.113 e. The van der Waals surface area contributed by atoms with E-state index >= 15 is 0 Å². The van der Waals surface area contributed by atoms with Crippen LogP contribution in [0, 0.1) is 17.3 Å². The Labute approximate surface area is 106 Å². The summed E-state index contributed by atoms with van der Waals surface area (Å²) >= 11 is 0. The molecule has 0 unspecified atom stereocenters. The quantitative estimate of drug-likeness (QED) is 0.651. The Hall–Kier alpha value is -1.29. The van der Waals surface area contributed by atoms with Gasteiger partial charge in [-0.05, 0) is 49.3 Å². The van der Waals surface area contributed by atoms with Crippen LogP contribution < -0.4 is 0 Å². The summed E-state index contributed by atoms with van der Waals surface area (Å²) in [4.78, 5) is 4.28. The predicted molar refractivity (Wildman–Crippen MR) is 73.9 cm³/mol. The summed E-state index contributed by atoms with van der Waals surface area (Å²) in [6, 6.07) is 4.16. The van der Waals surface area contributed by atoms with E-state index < -0.39 is 0 Å². The van der Waals surface area contributed by atoms with Crippen molar-refractivity contribution in [1.29, 1.82) is 0 Å². The van der Waals surface area contributed by atoms with Gasteiger partial charge in [0, 0.05) is 11.6 Å². The molecular formula is C16H23N. The first kappa shape index (κ1) is 13.8. The predicted octanol–water partition coefficient (Wildman–Crippen LogP) is 4.38. The molecule has 0 N–H and O–H groups in total. The molecule has 0 bridgehead atoms. The molecule has 0 spiro atoms. The highest BCUT2D eigenvalue weighted by Gasteiger charge is 2.35. The Morgan fingerprint density at radius 1 is 1.29 bits per heavy atom. The summed E-state index contributed by atoms with van der Waals surface area (Å²) in [5, 5.41) is 0. The summed E-state index contributed by atoms with van der Waals surface area (Å²) in [7, 11) is 0. The molecule has 0 saturated heterocycles. The van der Waals surface area contributed by atoms with Crippen LogP contribution in [0.1, 0.15) is 64.6 Å². The molecule has 1 fully saturated rings. The zero-order valence-corrected chi connectivity index (χ0v) is 11.7. The van der Waals surface area contributed by atoms with Gasteiger partial charge in [-0.15, -0.1) is 0 Å².